The molecule has 1 aliphatic rings. The van der Waals surface area contributed by atoms with Crippen molar-refractivity contribution in [3.8, 4) is 0 Å². The number of likely N-dealkylation sites (N-methyl/N-ethyl adjacent to an activating group) is 1. The van der Waals surface area contributed by atoms with Gasteiger partial charge in [0.15, 0.2) is 0 Å². The van der Waals surface area contributed by atoms with E-state index < -0.39 is 0 Å². The van der Waals surface area contributed by atoms with E-state index in [1.54, 1.807) is 0 Å². The van der Waals surface area contributed by atoms with E-state index in [1.165, 1.54) is 5.56 Å². The Morgan fingerprint density at radius 1 is 1.41 bits per heavy atom. The zero-order chi connectivity index (χ0) is 12.1. The Labute approximate surface area is 111 Å². The molecule has 1 heterocycles. The van der Waals surface area contributed by atoms with Crippen LogP contribution in [-0.4, -0.2) is 44.3 Å². The Kier molecular flexibility index (Phi) is 4.98. The zero-order valence-electron chi connectivity index (χ0n) is 10.2. The first kappa shape index (κ1) is 13.0. The first-order valence-corrected chi connectivity index (χ1v) is 6.78. The van der Waals surface area contributed by atoms with Crippen molar-refractivity contribution in [1.82, 2.24) is 10.2 Å². The summed E-state index contributed by atoms with van der Waals surface area (Å²) in [7, 11) is 2.14. The predicted octanol–water partition coefficient (Wildman–Crippen LogP) is 1.87. The molecule has 1 aromatic carbocycles. The largest absolute Gasteiger partial charge is 0.374 e. The standard InChI is InChI=1S/C13H19BrN2O/c1-16-6-7-17-13(10-16)9-15-8-11-2-4-12(14)5-3-11/h2-5,13,15H,6-10H2,1H3/t13-/m1/s1. The van der Waals surface area contributed by atoms with Crippen LogP contribution in [0.3, 0.4) is 0 Å². The summed E-state index contributed by atoms with van der Waals surface area (Å²) in [6.45, 7) is 4.73. The molecule has 2 rings (SSSR count). The fraction of sp³-hybridized carbons (Fsp3) is 0.538. The summed E-state index contributed by atoms with van der Waals surface area (Å²) in [4.78, 5) is 2.31. The molecule has 4 heteroatoms. The van der Waals surface area contributed by atoms with Crippen molar-refractivity contribution in [2.75, 3.05) is 33.3 Å². The van der Waals surface area contributed by atoms with Crippen molar-refractivity contribution < 1.29 is 4.74 Å². The van der Waals surface area contributed by atoms with Crippen molar-refractivity contribution >= 4 is 15.9 Å². The van der Waals surface area contributed by atoms with Gasteiger partial charge in [-0.25, -0.2) is 0 Å². The first-order chi connectivity index (χ1) is 8.24. The van der Waals surface area contributed by atoms with Crippen LogP contribution in [0.25, 0.3) is 0 Å². The molecule has 0 aliphatic carbocycles. The van der Waals surface area contributed by atoms with E-state index in [4.69, 9.17) is 4.74 Å². The van der Waals surface area contributed by atoms with Crippen LogP contribution in [0.4, 0.5) is 0 Å². The van der Waals surface area contributed by atoms with Gasteiger partial charge >= 0.3 is 0 Å². The van der Waals surface area contributed by atoms with Crippen LogP contribution in [0.5, 0.6) is 0 Å². The van der Waals surface area contributed by atoms with Gasteiger partial charge in [0.1, 0.15) is 0 Å². The van der Waals surface area contributed by atoms with E-state index in [9.17, 15) is 0 Å². The van der Waals surface area contributed by atoms with Crippen LogP contribution in [0.2, 0.25) is 0 Å². The number of morpholine rings is 1. The minimum Gasteiger partial charge on any atom is -0.374 e. The monoisotopic (exact) mass is 298 g/mol. The summed E-state index contributed by atoms with van der Waals surface area (Å²) in [6.07, 6.45) is 0.323. The van der Waals surface area contributed by atoms with Gasteiger partial charge < -0.3 is 15.0 Å². The van der Waals surface area contributed by atoms with E-state index in [-0.39, 0.29) is 0 Å². The highest BCUT2D eigenvalue weighted by Gasteiger charge is 2.16. The van der Waals surface area contributed by atoms with Gasteiger partial charge in [-0.2, -0.15) is 0 Å². The van der Waals surface area contributed by atoms with Crippen molar-refractivity contribution in [2.45, 2.75) is 12.6 Å². The molecule has 94 valence electrons. The van der Waals surface area contributed by atoms with Crippen molar-refractivity contribution in [3.05, 3.63) is 34.3 Å². The van der Waals surface area contributed by atoms with Crippen molar-refractivity contribution in [1.29, 1.82) is 0 Å². The van der Waals surface area contributed by atoms with Crippen molar-refractivity contribution in [3.63, 3.8) is 0 Å². The normalized spacial score (nSPS) is 21.6. The fourth-order valence-corrected chi connectivity index (χ4v) is 2.23. The van der Waals surface area contributed by atoms with Crippen molar-refractivity contribution in [2.24, 2.45) is 0 Å². The Hall–Kier alpha value is -0.420. The first-order valence-electron chi connectivity index (χ1n) is 5.99. The summed E-state index contributed by atoms with van der Waals surface area (Å²) in [5.74, 6) is 0. The number of rotatable bonds is 4. The molecular formula is C13H19BrN2O. The molecule has 0 unspecified atom stereocenters. The maximum absolute atomic E-state index is 5.69. The Morgan fingerprint density at radius 3 is 2.88 bits per heavy atom. The molecule has 0 bridgehead atoms. The average Bonchev–Trinajstić information content (AvgIpc) is 2.32. The molecule has 3 nitrogen and oxygen atoms in total. The molecule has 1 fully saturated rings. The lowest BCUT2D eigenvalue weighted by Crippen LogP contribution is -2.44. The molecule has 0 spiro atoms. The topological polar surface area (TPSA) is 24.5 Å². The molecule has 1 aromatic rings. The van der Waals surface area contributed by atoms with Crippen LogP contribution < -0.4 is 5.32 Å². The zero-order valence-corrected chi connectivity index (χ0v) is 11.7. The molecule has 1 atom stereocenters. The highest BCUT2D eigenvalue weighted by Crippen LogP contribution is 2.10. The van der Waals surface area contributed by atoms with Gasteiger partial charge in [0.05, 0.1) is 12.7 Å². The van der Waals surface area contributed by atoms with Gasteiger partial charge in [0.25, 0.3) is 0 Å². The Morgan fingerprint density at radius 2 is 2.18 bits per heavy atom. The van der Waals surface area contributed by atoms with Crippen LogP contribution in [0, 0.1) is 0 Å². The summed E-state index contributed by atoms with van der Waals surface area (Å²) < 4.78 is 6.82. The summed E-state index contributed by atoms with van der Waals surface area (Å²) in [6, 6.07) is 8.40. The maximum Gasteiger partial charge on any atom is 0.0826 e. The number of nitrogens with zero attached hydrogens (tertiary/aromatic N) is 1. The minimum atomic E-state index is 0.323. The minimum absolute atomic E-state index is 0.323. The van der Waals surface area contributed by atoms with Gasteiger partial charge in [0.2, 0.25) is 0 Å². The number of nitrogens with one attached hydrogen (secondary N) is 1. The molecule has 0 amide bonds. The van der Waals surface area contributed by atoms with Crippen LogP contribution in [0.15, 0.2) is 28.7 Å². The van der Waals surface area contributed by atoms with Crippen LogP contribution >= 0.6 is 15.9 Å². The van der Waals surface area contributed by atoms with Gasteiger partial charge in [-0.1, -0.05) is 28.1 Å². The van der Waals surface area contributed by atoms with E-state index in [0.717, 1.165) is 37.3 Å². The van der Waals surface area contributed by atoms with E-state index in [0.29, 0.717) is 6.10 Å². The SMILES string of the molecule is CN1CCO[C@H](CNCc2ccc(Br)cc2)C1. The third kappa shape index (κ3) is 4.39. The smallest absolute Gasteiger partial charge is 0.0826 e. The van der Waals surface area contributed by atoms with Crippen LogP contribution in [0.1, 0.15) is 5.56 Å². The highest BCUT2D eigenvalue weighted by atomic mass is 79.9. The van der Waals surface area contributed by atoms with Crippen LogP contribution in [-0.2, 0) is 11.3 Å². The molecular weight excluding hydrogens is 280 g/mol. The second kappa shape index (κ2) is 6.50. The molecule has 1 saturated heterocycles. The summed E-state index contributed by atoms with van der Waals surface area (Å²) >= 11 is 3.44. The number of hydrogen-bond acceptors (Lipinski definition) is 3. The van der Waals surface area contributed by atoms with E-state index >= 15 is 0 Å². The molecule has 1 N–H and O–H groups in total. The Balaban J connectivity index is 1.70. The van der Waals surface area contributed by atoms with E-state index in [2.05, 4.69) is 57.5 Å². The van der Waals surface area contributed by atoms with Gasteiger partial charge in [-0.15, -0.1) is 0 Å². The van der Waals surface area contributed by atoms with Gasteiger partial charge in [0, 0.05) is 30.7 Å². The maximum atomic E-state index is 5.69. The predicted molar refractivity (Wildman–Crippen MR) is 73.1 cm³/mol. The van der Waals surface area contributed by atoms with E-state index in [1.807, 2.05) is 0 Å². The summed E-state index contributed by atoms with van der Waals surface area (Å²) in [5, 5.41) is 3.44. The molecule has 1 aliphatic heterocycles. The lowest BCUT2D eigenvalue weighted by molar-refractivity contribution is -0.0182. The van der Waals surface area contributed by atoms with Gasteiger partial charge in [-0.3, -0.25) is 0 Å². The lowest BCUT2D eigenvalue weighted by atomic mass is 10.2. The lowest BCUT2D eigenvalue weighted by Gasteiger charge is -2.30. The number of benzene rings is 1. The van der Waals surface area contributed by atoms with Gasteiger partial charge in [-0.05, 0) is 24.7 Å². The third-order valence-electron chi connectivity index (χ3n) is 2.96. The molecule has 17 heavy (non-hydrogen) atoms. The average molecular weight is 299 g/mol. The number of halogens is 1. The third-order valence-corrected chi connectivity index (χ3v) is 3.48. The Bertz CT molecular complexity index is 342. The molecule has 0 saturated carbocycles. The molecule has 0 radical (unpaired) electrons. The molecule has 0 aromatic heterocycles. The fourth-order valence-electron chi connectivity index (χ4n) is 1.97. The second-order valence-corrected chi connectivity index (χ2v) is 5.43. The summed E-state index contributed by atoms with van der Waals surface area (Å²) in [5.41, 5.74) is 1.30. The highest BCUT2D eigenvalue weighted by molar-refractivity contribution is 9.10. The second-order valence-electron chi connectivity index (χ2n) is 4.51. The number of hydrogen-bond donors (Lipinski definition) is 1. The quantitative estimate of drug-likeness (QED) is 0.918. The number of ether oxygens (including phenoxy) is 1.